The zero-order valence-corrected chi connectivity index (χ0v) is 16.5. The molecule has 3 atom stereocenters. The Balaban J connectivity index is 1.76. The van der Waals surface area contributed by atoms with Gasteiger partial charge in [-0.1, -0.05) is 49.4 Å². The zero-order valence-electron chi connectivity index (χ0n) is 16.5. The molecule has 3 aromatic carbocycles. The Morgan fingerprint density at radius 1 is 1.07 bits per heavy atom. The van der Waals surface area contributed by atoms with E-state index in [1.807, 2.05) is 49.4 Å². The van der Waals surface area contributed by atoms with Crippen LogP contribution in [0.3, 0.4) is 0 Å². The lowest BCUT2D eigenvalue weighted by molar-refractivity contribution is -0.144. The first-order valence-corrected chi connectivity index (χ1v) is 10.0. The second kappa shape index (κ2) is 6.87. The molecule has 0 saturated carbocycles. The lowest BCUT2D eigenvalue weighted by Crippen LogP contribution is -2.39. The first kappa shape index (κ1) is 18.7. The van der Waals surface area contributed by atoms with Crippen LogP contribution < -0.4 is 9.47 Å². The number of benzene rings is 3. The highest BCUT2D eigenvalue weighted by molar-refractivity contribution is 5.79. The van der Waals surface area contributed by atoms with Crippen LogP contribution in [-0.4, -0.2) is 17.9 Å². The molecule has 152 valence electrons. The van der Waals surface area contributed by atoms with Crippen LogP contribution in [0.5, 0.6) is 11.5 Å². The summed E-state index contributed by atoms with van der Waals surface area (Å²) in [5, 5.41) is 10.5. The molecule has 5 heteroatoms. The van der Waals surface area contributed by atoms with Crippen LogP contribution >= 0.6 is 0 Å². The van der Waals surface area contributed by atoms with Crippen molar-refractivity contribution < 1.29 is 23.8 Å². The number of carboxylic acids is 1. The molecule has 30 heavy (non-hydrogen) atoms. The monoisotopic (exact) mass is 404 g/mol. The van der Waals surface area contributed by atoms with Crippen molar-refractivity contribution >= 4 is 5.97 Å². The largest absolute Gasteiger partial charge is 0.481 e. The average Bonchev–Trinajstić information content (AvgIpc) is 3.34. The third-order valence-electron chi connectivity index (χ3n) is 6.58. The number of aliphatic carboxylic acids is 1. The Morgan fingerprint density at radius 2 is 1.80 bits per heavy atom. The van der Waals surface area contributed by atoms with Crippen LogP contribution in [0.15, 0.2) is 66.7 Å². The first-order valence-electron chi connectivity index (χ1n) is 10.0. The SMILES string of the molecule is CCC1(c2ccc(F)cc2)c2ccccc2C(c2ccc3c(c2)OCO3)C1C(=O)O. The van der Waals surface area contributed by atoms with Crippen LogP contribution in [0, 0.1) is 11.7 Å². The van der Waals surface area contributed by atoms with Gasteiger partial charge in [0.25, 0.3) is 0 Å². The smallest absolute Gasteiger partial charge is 0.308 e. The van der Waals surface area contributed by atoms with E-state index >= 15 is 0 Å². The van der Waals surface area contributed by atoms with Gasteiger partial charge in [-0.3, -0.25) is 4.79 Å². The normalized spacial score (nSPS) is 23.9. The Kier molecular flexibility index (Phi) is 4.28. The fraction of sp³-hybridized carbons (Fsp3) is 0.240. The van der Waals surface area contributed by atoms with Gasteiger partial charge >= 0.3 is 5.97 Å². The summed E-state index contributed by atoms with van der Waals surface area (Å²) < 4.78 is 24.7. The van der Waals surface area contributed by atoms with Gasteiger partial charge in [0, 0.05) is 11.3 Å². The lowest BCUT2D eigenvalue weighted by Gasteiger charge is -2.36. The van der Waals surface area contributed by atoms with Crippen molar-refractivity contribution in [2.24, 2.45) is 5.92 Å². The molecule has 0 aromatic heterocycles. The molecule has 2 aliphatic rings. The van der Waals surface area contributed by atoms with E-state index < -0.39 is 17.3 Å². The van der Waals surface area contributed by atoms with Crippen molar-refractivity contribution in [1.82, 2.24) is 0 Å². The number of halogens is 1. The molecule has 0 radical (unpaired) electrons. The van der Waals surface area contributed by atoms with Crippen LogP contribution in [0.1, 0.15) is 41.5 Å². The third-order valence-corrected chi connectivity index (χ3v) is 6.58. The van der Waals surface area contributed by atoms with Gasteiger partial charge in [0.2, 0.25) is 6.79 Å². The molecule has 1 aliphatic carbocycles. The highest BCUT2D eigenvalue weighted by Crippen LogP contribution is 2.58. The minimum Gasteiger partial charge on any atom is -0.481 e. The summed E-state index contributed by atoms with van der Waals surface area (Å²) in [6.45, 7) is 2.16. The Labute approximate surface area is 173 Å². The van der Waals surface area contributed by atoms with Crippen molar-refractivity contribution in [2.45, 2.75) is 24.7 Å². The fourth-order valence-electron chi connectivity index (χ4n) is 5.33. The predicted octanol–water partition coefficient (Wildman–Crippen LogP) is 5.10. The molecular weight excluding hydrogens is 383 g/mol. The molecular formula is C25H21FO4. The van der Waals surface area contributed by atoms with Crippen LogP contribution in [0.2, 0.25) is 0 Å². The fourth-order valence-corrected chi connectivity index (χ4v) is 5.33. The van der Waals surface area contributed by atoms with Gasteiger partial charge in [0.05, 0.1) is 5.92 Å². The van der Waals surface area contributed by atoms with Gasteiger partial charge in [0.15, 0.2) is 11.5 Å². The standard InChI is InChI=1S/C25H21FO4/c1-2-25(16-8-10-17(26)11-9-16)19-6-4-3-5-18(19)22(23(25)24(27)28)15-7-12-20-21(13-15)30-14-29-20/h3-13,22-23H,2,14H2,1H3,(H,27,28). The Hall–Kier alpha value is -3.34. The zero-order chi connectivity index (χ0) is 20.9. The highest BCUT2D eigenvalue weighted by atomic mass is 19.1. The Bertz CT molecular complexity index is 1120. The van der Waals surface area contributed by atoms with E-state index in [-0.39, 0.29) is 18.5 Å². The highest BCUT2D eigenvalue weighted by Gasteiger charge is 2.56. The summed E-state index contributed by atoms with van der Waals surface area (Å²) in [5.74, 6) is -1.03. The van der Waals surface area contributed by atoms with Crippen LogP contribution in [0.4, 0.5) is 4.39 Å². The molecule has 0 spiro atoms. The molecule has 0 amide bonds. The maximum Gasteiger partial charge on any atom is 0.308 e. The minimum absolute atomic E-state index is 0.164. The summed E-state index contributed by atoms with van der Waals surface area (Å²) in [4.78, 5) is 12.8. The maximum atomic E-state index is 13.7. The summed E-state index contributed by atoms with van der Waals surface area (Å²) in [6.07, 6.45) is 0.577. The molecule has 0 bridgehead atoms. The lowest BCUT2D eigenvalue weighted by atomic mass is 9.65. The van der Waals surface area contributed by atoms with Crippen molar-refractivity contribution in [3.8, 4) is 11.5 Å². The Morgan fingerprint density at radius 3 is 2.53 bits per heavy atom. The molecule has 3 unspecified atom stereocenters. The number of rotatable bonds is 4. The van der Waals surface area contributed by atoms with Crippen molar-refractivity contribution in [3.63, 3.8) is 0 Å². The third kappa shape index (κ3) is 2.54. The van der Waals surface area contributed by atoms with Gasteiger partial charge < -0.3 is 14.6 Å². The molecule has 4 nitrogen and oxygen atoms in total. The van der Waals surface area contributed by atoms with E-state index in [1.165, 1.54) is 12.1 Å². The number of carbonyl (C=O) groups is 1. The summed E-state index contributed by atoms with van der Waals surface area (Å²) in [7, 11) is 0. The number of hydrogen-bond donors (Lipinski definition) is 1. The van der Waals surface area contributed by atoms with E-state index in [1.54, 1.807) is 12.1 Å². The summed E-state index contributed by atoms with van der Waals surface area (Å²) >= 11 is 0. The average molecular weight is 404 g/mol. The van der Waals surface area contributed by atoms with E-state index in [0.29, 0.717) is 17.9 Å². The van der Waals surface area contributed by atoms with Crippen molar-refractivity contribution in [2.75, 3.05) is 6.79 Å². The topological polar surface area (TPSA) is 55.8 Å². The minimum atomic E-state index is -0.875. The number of ether oxygens (including phenoxy) is 2. The van der Waals surface area contributed by atoms with E-state index in [9.17, 15) is 14.3 Å². The quantitative estimate of drug-likeness (QED) is 0.658. The second-order valence-electron chi connectivity index (χ2n) is 7.83. The molecule has 1 N–H and O–H groups in total. The maximum absolute atomic E-state index is 13.7. The van der Waals surface area contributed by atoms with E-state index in [4.69, 9.17) is 9.47 Å². The molecule has 1 aliphatic heterocycles. The van der Waals surface area contributed by atoms with Crippen LogP contribution in [-0.2, 0) is 10.2 Å². The van der Waals surface area contributed by atoms with E-state index in [2.05, 4.69) is 0 Å². The van der Waals surface area contributed by atoms with Crippen molar-refractivity contribution in [1.29, 1.82) is 0 Å². The summed E-state index contributed by atoms with van der Waals surface area (Å²) in [6, 6.07) is 19.8. The first-order chi connectivity index (χ1) is 14.6. The number of fused-ring (bicyclic) bond motifs is 2. The van der Waals surface area contributed by atoms with Gasteiger partial charge in [0.1, 0.15) is 5.82 Å². The summed E-state index contributed by atoms with van der Waals surface area (Å²) in [5.41, 5.74) is 2.88. The molecule has 0 saturated heterocycles. The van der Waals surface area contributed by atoms with E-state index in [0.717, 1.165) is 22.3 Å². The molecule has 3 aromatic rings. The number of hydrogen-bond acceptors (Lipinski definition) is 3. The molecule has 0 fully saturated rings. The van der Waals surface area contributed by atoms with Gasteiger partial charge in [-0.15, -0.1) is 0 Å². The van der Waals surface area contributed by atoms with Gasteiger partial charge in [-0.05, 0) is 52.9 Å². The second-order valence-corrected chi connectivity index (χ2v) is 7.83. The predicted molar refractivity (Wildman–Crippen MR) is 109 cm³/mol. The molecule has 1 heterocycles. The van der Waals surface area contributed by atoms with Crippen molar-refractivity contribution in [3.05, 3.63) is 94.8 Å². The van der Waals surface area contributed by atoms with Crippen LogP contribution in [0.25, 0.3) is 0 Å². The molecule has 5 rings (SSSR count). The van der Waals surface area contributed by atoms with Gasteiger partial charge in [-0.25, -0.2) is 4.39 Å². The number of carboxylic acid groups (broad SMARTS) is 1. The van der Waals surface area contributed by atoms with Gasteiger partial charge in [-0.2, -0.15) is 0 Å².